The summed E-state index contributed by atoms with van der Waals surface area (Å²) < 4.78 is 10.8. The number of hydrazone groups is 1. The Balaban J connectivity index is 1.64. The predicted molar refractivity (Wildman–Crippen MR) is 128 cm³/mol. The highest BCUT2D eigenvalue weighted by Gasteiger charge is 2.32. The van der Waals surface area contributed by atoms with E-state index in [2.05, 4.69) is 54.6 Å². The van der Waals surface area contributed by atoms with Gasteiger partial charge in [0.15, 0.2) is 11.5 Å². The van der Waals surface area contributed by atoms with Crippen molar-refractivity contribution in [1.82, 2.24) is 0 Å². The average molecular weight is 425 g/mol. The summed E-state index contributed by atoms with van der Waals surface area (Å²) in [5.74, 6) is 1.16. The van der Waals surface area contributed by atoms with Crippen LogP contribution in [0.3, 0.4) is 0 Å². The van der Waals surface area contributed by atoms with E-state index in [0.29, 0.717) is 23.5 Å². The van der Waals surface area contributed by atoms with E-state index in [0.717, 1.165) is 11.4 Å². The molecule has 4 aromatic carbocycles. The molecule has 0 saturated carbocycles. The fraction of sp³-hybridized carbons (Fsp3) is 0.148. The predicted octanol–water partition coefficient (Wildman–Crippen LogP) is 5.92. The third kappa shape index (κ3) is 3.42. The van der Waals surface area contributed by atoms with Crippen molar-refractivity contribution in [1.29, 1.82) is 0 Å². The quantitative estimate of drug-likeness (QED) is 0.432. The number of ether oxygens (including phenoxy) is 2. The molecule has 1 aliphatic rings. The molecule has 160 valence electrons. The maximum atomic E-state index is 10.8. The molecular formula is C27H24N2O3. The van der Waals surface area contributed by atoms with Crippen LogP contribution in [-0.4, -0.2) is 25.0 Å². The van der Waals surface area contributed by atoms with Gasteiger partial charge in [-0.15, -0.1) is 0 Å². The fourth-order valence-corrected chi connectivity index (χ4v) is 4.37. The molecule has 0 bridgehead atoms. The minimum atomic E-state index is -0.00834. The molecule has 1 unspecified atom stereocenters. The summed E-state index contributed by atoms with van der Waals surface area (Å²) in [6.07, 6.45) is 0.645. The number of para-hydroxylation sites is 1. The van der Waals surface area contributed by atoms with Crippen molar-refractivity contribution in [3.8, 4) is 17.2 Å². The van der Waals surface area contributed by atoms with Gasteiger partial charge in [0.05, 0.1) is 31.7 Å². The van der Waals surface area contributed by atoms with Gasteiger partial charge in [-0.05, 0) is 34.5 Å². The van der Waals surface area contributed by atoms with Gasteiger partial charge in [0, 0.05) is 18.1 Å². The Hall–Kier alpha value is -3.99. The van der Waals surface area contributed by atoms with Crippen LogP contribution >= 0.6 is 0 Å². The van der Waals surface area contributed by atoms with Crippen LogP contribution in [0.5, 0.6) is 17.2 Å². The van der Waals surface area contributed by atoms with Crippen LogP contribution in [0, 0.1) is 0 Å². The number of hydrogen-bond donors (Lipinski definition) is 1. The number of aromatic hydroxyl groups is 1. The van der Waals surface area contributed by atoms with Gasteiger partial charge >= 0.3 is 0 Å². The monoisotopic (exact) mass is 424 g/mol. The topological polar surface area (TPSA) is 54.3 Å². The molecule has 0 spiro atoms. The maximum Gasteiger partial charge on any atom is 0.164 e. The number of fused-ring (bicyclic) bond motifs is 1. The minimum Gasteiger partial charge on any atom is -0.507 e. The van der Waals surface area contributed by atoms with Crippen molar-refractivity contribution in [2.45, 2.75) is 12.5 Å². The number of anilines is 1. The van der Waals surface area contributed by atoms with E-state index in [-0.39, 0.29) is 11.8 Å². The Morgan fingerprint density at radius 1 is 0.844 bits per heavy atom. The van der Waals surface area contributed by atoms with Crippen LogP contribution < -0.4 is 14.5 Å². The van der Waals surface area contributed by atoms with Crippen molar-refractivity contribution >= 4 is 22.2 Å². The second-order valence-corrected chi connectivity index (χ2v) is 7.74. The first-order valence-corrected chi connectivity index (χ1v) is 10.5. The standard InChI is InChI=1S/C27H24N2O3/c1-31-26-15-22(25(30)17-27(26)32-2)23-16-24(29(28-23)19-11-4-3-5-12-19)21-14-8-10-18-9-6-7-13-20(18)21/h3-15,17,24,30H,16H2,1-2H3. The third-order valence-corrected chi connectivity index (χ3v) is 5.93. The van der Waals surface area contributed by atoms with E-state index in [1.807, 2.05) is 23.2 Å². The number of phenols is 1. The Morgan fingerprint density at radius 3 is 2.31 bits per heavy atom. The van der Waals surface area contributed by atoms with Crippen LogP contribution in [0.4, 0.5) is 5.69 Å². The number of benzene rings is 4. The summed E-state index contributed by atoms with van der Waals surface area (Å²) in [7, 11) is 3.14. The first-order valence-electron chi connectivity index (χ1n) is 10.5. The highest BCUT2D eigenvalue weighted by atomic mass is 16.5. The number of rotatable bonds is 5. The Morgan fingerprint density at radius 2 is 1.53 bits per heavy atom. The smallest absolute Gasteiger partial charge is 0.164 e. The lowest BCUT2D eigenvalue weighted by atomic mass is 9.93. The second kappa shape index (κ2) is 8.27. The summed E-state index contributed by atoms with van der Waals surface area (Å²) in [6.45, 7) is 0. The SMILES string of the molecule is COc1cc(O)c(C2=NN(c3ccccc3)C(c3cccc4ccccc34)C2)cc1OC. The van der Waals surface area contributed by atoms with E-state index < -0.39 is 0 Å². The minimum absolute atomic E-state index is 0.00834. The van der Waals surface area contributed by atoms with Gasteiger partial charge in [-0.2, -0.15) is 5.10 Å². The van der Waals surface area contributed by atoms with Crippen LogP contribution in [-0.2, 0) is 0 Å². The van der Waals surface area contributed by atoms with Gasteiger partial charge in [0.1, 0.15) is 5.75 Å². The van der Waals surface area contributed by atoms with Gasteiger partial charge in [-0.3, -0.25) is 5.01 Å². The van der Waals surface area contributed by atoms with E-state index in [1.54, 1.807) is 26.4 Å². The van der Waals surface area contributed by atoms with Gasteiger partial charge in [-0.1, -0.05) is 60.7 Å². The molecule has 0 fully saturated rings. The van der Waals surface area contributed by atoms with Crippen LogP contribution in [0.25, 0.3) is 10.8 Å². The zero-order valence-electron chi connectivity index (χ0n) is 18.0. The number of nitrogens with zero attached hydrogens (tertiary/aromatic N) is 2. The first-order chi connectivity index (χ1) is 15.7. The molecule has 5 heteroatoms. The zero-order chi connectivity index (χ0) is 22.1. The Bertz CT molecular complexity index is 1300. The molecule has 0 aliphatic carbocycles. The lowest BCUT2D eigenvalue weighted by Crippen LogP contribution is -2.18. The van der Waals surface area contributed by atoms with E-state index in [9.17, 15) is 5.11 Å². The largest absolute Gasteiger partial charge is 0.507 e. The Kier molecular flexibility index (Phi) is 5.15. The molecule has 1 heterocycles. The number of phenolic OH excluding ortho intramolecular Hbond substituents is 1. The van der Waals surface area contributed by atoms with Gasteiger partial charge in [0.2, 0.25) is 0 Å². The van der Waals surface area contributed by atoms with Gasteiger partial charge < -0.3 is 14.6 Å². The molecule has 1 atom stereocenters. The molecule has 1 N–H and O–H groups in total. The summed E-state index contributed by atoms with van der Waals surface area (Å²) in [4.78, 5) is 0. The lowest BCUT2D eigenvalue weighted by molar-refractivity contribution is 0.351. The summed E-state index contributed by atoms with van der Waals surface area (Å²) >= 11 is 0. The molecule has 0 aromatic heterocycles. The zero-order valence-corrected chi connectivity index (χ0v) is 18.0. The van der Waals surface area contributed by atoms with E-state index in [1.165, 1.54) is 16.3 Å². The van der Waals surface area contributed by atoms with Crippen molar-refractivity contribution in [2.24, 2.45) is 5.10 Å². The third-order valence-electron chi connectivity index (χ3n) is 5.93. The lowest BCUT2D eigenvalue weighted by Gasteiger charge is -2.25. The van der Waals surface area contributed by atoms with Crippen LogP contribution in [0.2, 0.25) is 0 Å². The molecule has 0 radical (unpaired) electrons. The van der Waals surface area contributed by atoms with Crippen molar-refractivity contribution in [3.05, 3.63) is 96.1 Å². The molecule has 0 saturated heterocycles. The van der Waals surface area contributed by atoms with Gasteiger partial charge in [0.25, 0.3) is 0 Å². The second-order valence-electron chi connectivity index (χ2n) is 7.74. The highest BCUT2D eigenvalue weighted by molar-refractivity contribution is 6.06. The van der Waals surface area contributed by atoms with Crippen LogP contribution in [0.15, 0.2) is 90.0 Å². The normalized spacial score (nSPS) is 15.6. The fourth-order valence-electron chi connectivity index (χ4n) is 4.37. The molecule has 5 rings (SSSR count). The Labute approximate surface area is 187 Å². The summed E-state index contributed by atoms with van der Waals surface area (Å²) in [5, 5.41) is 20.2. The van der Waals surface area contributed by atoms with Crippen molar-refractivity contribution < 1.29 is 14.6 Å². The van der Waals surface area contributed by atoms with Crippen molar-refractivity contribution in [2.75, 3.05) is 19.2 Å². The molecule has 4 aromatic rings. The molecular weight excluding hydrogens is 400 g/mol. The maximum absolute atomic E-state index is 10.8. The molecule has 5 nitrogen and oxygen atoms in total. The number of methoxy groups -OCH3 is 2. The molecule has 32 heavy (non-hydrogen) atoms. The molecule has 0 amide bonds. The van der Waals surface area contributed by atoms with E-state index >= 15 is 0 Å². The summed E-state index contributed by atoms with van der Waals surface area (Å²) in [5.41, 5.74) is 3.64. The van der Waals surface area contributed by atoms with Crippen molar-refractivity contribution in [3.63, 3.8) is 0 Å². The van der Waals surface area contributed by atoms with Crippen LogP contribution in [0.1, 0.15) is 23.6 Å². The molecule has 1 aliphatic heterocycles. The van der Waals surface area contributed by atoms with Gasteiger partial charge in [-0.25, -0.2) is 0 Å². The average Bonchev–Trinajstić information content (AvgIpc) is 3.29. The first kappa shape index (κ1) is 19.9. The van der Waals surface area contributed by atoms with E-state index in [4.69, 9.17) is 14.6 Å². The number of hydrogen-bond acceptors (Lipinski definition) is 5. The highest BCUT2D eigenvalue weighted by Crippen LogP contribution is 2.42. The summed E-state index contributed by atoms with van der Waals surface area (Å²) in [6, 6.07) is 28.3.